The lowest BCUT2D eigenvalue weighted by Gasteiger charge is -2.05. The molecule has 2 N–H and O–H groups in total. The SMILES string of the molecule is CCc1ncc(Cn2cnc(CCN)c2)n1C. The van der Waals surface area contributed by atoms with E-state index >= 15 is 0 Å². The molecule has 0 aliphatic carbocycles. The summed E-state index contributed by atoms with van der Waals surface area (Å²) in [5.74, 6) is 1.11. The Kier molecular flexibility index (Phi) is 3.58. The van der Waals surface area contributed by atoms with Gasteiger partial charge in [-0.25, -0.2) is 9.97 Å². The van der Waals surface area contributed by atoms with Gasteiger partial charge in [-0.15, -0.1) is 0 Å². The van der Waals surface area contributed by atoms with Gasteiger partial charge in [0.15, 0.2) is 0 Å². The van der Waals surface area contributed by atoms with E-state index < -0.39 is 0 Å². The summed E-state index contributed by atoms with van der Waals surface area (Å²) in [4.78, 5) is 8.69. The first kappa shape index (κ1) is 11.9. The van der Waals surface area contributed by atoms with E-state index in [-0.39, 0.29) is 0 Å². The molecular formula is C12H19N5. The molecule has 0 saturated carbocycles. The number of aryl methyl sites for hydroxylation is 1. The van der Waals surface area contributed by atoms with E-state index in [2.05, 4.69) is 33.1 Å². The van der Waals surface area contributed by atoms with Crippen molar-refractivity contribution in [2.75, 3.05) is 6.54 Å². The predicted octanol–water partition coefficient (Wildman–Crippen LogP) is 0.728. The van der Waals surface area contributed by atoms with E-state index in [1.54, 1.807) is 0 Å². The van der Waals surface area contributed by atoms with Crippen LogP contribution in [0.25, 0.3) is 0 Å². The Hall–Kier alpha value is -1.62. The van der Waals surface area contributed by atoms with E-state index in [1.165, 1.54) is 5.69 Å². The second-order valence-electron chi connectivity index (χ2n) is 4.15. The van der Waals surface area contributed by atoms with Gasteiger partial charge in [0.1, 0.15) is 5.82 Å². The Morgan fingerprint density at radius 2 is 2.18 bits per heavy atom. The zero-order valence-corrected chi connectivity index (χ0v) is 10.4. The number of hydrogen-bond donors (Lipinski definition) is 1. The van der Waals surface area contributed by atoms with Gasteiger partial charge in [0.05, 0.1) is 30.5 Å². The average Bonchev–Trinajstić information content (AvgIpc) is 2.89. The van der Waals surface area contributed by atoms with Crippen LogP contribution >= 0.6 is 0 Å². The molecule has 0 aliphatic heterocycles. The van der Waals surface area contributed by atoms with Gasteiger partial charge in [-0.3, -0.25) is 0 Å². The largest absolute Gasteiger partial charge is 0.334 e. The first-order chi connectivity index (χ1) is 8.24. The zero-order chi connectivity index (χ0) is 12.3. The normalized spacial score (nSPS) is 11.0. The fraction of sp³-hybridized carbons (Fsp3) is 0.500. The second kappa shape index (κ2) is 5.14. The lowest BCUT2D eigenvalue weighted by Crippen LogP contribution is -2.05. The summed E-state index contributed by atoms with van der Waals surface area (Å²) in [7, 11) is 2.05. The Morgan fingerprint density at radius 3 is 2.82 bits per heavy atom. The molecule has 0 unspecified atom stereocenters. The minimum atomic E-state index is 0.642. The number of hydrogen-bond acceptors (Lipinski definition) is 3. The highest BCUT2D eigenvalue weighted by atomic mass is 15.1. The molecule has 0 amide bonds. The van der Waals surface area contributed by atoms with Crippen molar-refractivity contribution in [3.8, 4) is 0 Å². The average molecular weight is 233 g/mol. The summed E-state index contributed by atoms with van der Waals surface area (Å²) in [6.07, 6.45) is 7.62. The van der Waals surface area contributed by atoms with Crippen molar-refractivity contribution in [1.82, 2.24) is 19.1 Å². The number of rotatable bonds is 5. The molecule has 17 heavy (non-hydrogen) atoms. The van der Waals surface area contributed by atoms with Crippen molar-refractivity contribution < 1.29 is 0 Å². The molecule has 2 aromatic heterocycles. The summed E-state index contributed by atoms with van der Waals surface area (Å²) in [5.41, 5.74) is 7.74. The van der Waals surface area contributed by atoms with Gasteiger partial charge in [-0.1, -0.05) is 6.92 Å². The summed E-state index contributed by atoms with van der Waals surface area (Å²) >= 11 is 0. The molecule has 5 heteroatoms. The molecule has 0 saturated heterocycles. The van der Waals surface area contributed by atoms with Crippen molar-refractivity contribution in [2.24, 2.45) is 12.8 Å². The summed E-state index contributed by atoms with van der Waals surface area (Å²) in [6, 6.07) is 0. The van der Waals surface area contributed by atoms with Gasteiger partial charge in [0.2, 0.25) is 0 Å². The molecule has 0 atom stereocenters. The van der Waals surface area contributed by atoms with Crippen LogP contribution in [-0.4, -0.2) is 25.6 Å². The van der Waals surface area contributed by atoms with Crippen molar-refractivity contribution >= 4 is 0 Å². The van der Waals surface area contributed by atoms with Crippen LogP contribution < -0.4 is 5.73 Å². The third-order valence-corrected chi connectivity index (χ3v) is 2.93. The van der Waals surface area contributed by atoms with Crippen LogP contribution in [0.5, 0.6) is 0 Å². The fourth-order valence-corrected chi connectivity index (χ4v) is 1.92. The second-order valence-corrected chi connectivity index (χ2v) is 4.15. The van der Waals surface area contributed by atoms with Crippen molar-refractivity contribution in [3.63, 3.8) is 0 Å². The monoisotopic (exact) mass is 233 g/mol. The van der Waals surface area contributed by atoms with Gasteiger partial charge < -0.3 is 14.9 Å². The molecule has 0 aromatic carbocycles. The van der Waals surface area contributed by atoms with Crippen LogP contribution in [0.15, 0.2) is 18.7 Å². The van der Waals surface area contributed by atoms with Crippen LogP contribution in [0, 0.1) is 0 Å². The quantitative estimate of drug-likeness (QED) is 0.828. The van der Waals surface area contributed by atoms with Gasteiger partial charge in [0, 0.05) is 26.1 Å². The highest BCUT2D eigenvalue weighted by Gasteiger charge is 2.05. The van der Waals surface area contributed by atoms with Crippen LogP contribution in [0.2, 0.25) is 0 Å². The molecule has 5 nitrogen and oxygen atoms in total. The number of aromatic nitrogens is 4. The summed E-state index contributed by atoms with van der Waals surface area (Å²) in [6.45, 7) is 3.56. The van der Waals surface area contributed by atoms with E-state index in [4.69, 9.17) is 5.73 Å². The van der Waals surface area contributed by atoms with Gasteiger partial charge in [-0.2, -0.15) is 0 Å². The number of imidazole rings is 2. The summed E-state index contributed by atoms with van der Waals surface area (Å²) < 4.78 is 4.21. The minimum Gasteiger partial charge on any atom is -0.334 e. The molecule has 92 valence electrons. The fourth-order valence-electron chi connectivity index (χ4n) is 1.92. The maximum Gasteiger partial charge on any atom is 0.108 e. The maximum absolute atomic E-state index is 5.50. The maximum atomic E-state index is 5.50. The molecule has 2 rings (SSSR count). The van der Waals surface area contributed by atoms with Crippen LogP contribution in [0.1, 0.15) is 24.1 Å². The molecule has 0 aliphatic rings. The van der Waals surface area contributed by atoms with Gasteiger partial charge >= 0.3 is 0 Å². The highest BCUT2D eigenvalue weighted by molar-refractivity contribution is 5.07. The standard InChI is InChI=1S/C12H19N5/c1-3-12-14-6-11(16(12)2)8-17-7-10(4-5-13)15-9-17/h6-7,9H,3-5,8,13H2,1-2H3. The van der Waals surface area contributed by atoms with Crippen LogP contribution in [0.3, 0.4) is 0 Å². The van der Waals surface area contributed by atoms with Gasteiger partial charge in [0.25, 0.3) is 0 Å². The third-order valence-electron chi connectivity index (χ3n) is 2.93. The molecule has 0 bridgehead atoms. The summed E-state index contributed by atoms with van der Waals surface area (Å²) in [5, 5.41) is 0. The topological polar surface area (TPSA) is 61.7 Å². The van der Waals surface area contributed by atoms with Crippen molar-refractivity contribution in [1.29, 1.82) is 0 Å². The predicted molar refractivity (Wildman–Crippen MR) is 66.7 cm³/mol. The van der Waals surface area contributed by atoms with E-state index in [1.807, 2.05) is 18.7 Å². The van der Waals surface area contributed by atoms with Crippen LogP contribution in [-0.2, 0) is 26.4 Å². The van der Waals surface area contributed by atoms with Gasteiger partial charge in [-0.05, 0) is 6.54 Å². The van der Waals surface area contributed by atoms with E-state index in [0.717, 1.165) is 30.9 Å². The Labute approximate surface area is 101 Å². The number of nitrogens with two attached hydrogens (primary N) is 1. The molecule has 0 radical (unpaired) electrons. The molecule has 2 aromatic rings. The Morgan fingerprint density at radius 1 is 1.35 bits per heavy atom. The smallest absolute Gasteiger partial charge is 0.108 e. The molecular weight excluding hydrogens is 214 g/mol. The third kappa shape index (κ3) is 2.55. The lowest BCUT2D eigenvalue weighted by atomic mass is 10.3. The van der Waals surface area contributed by atoms with E-state index in [0.29, 0.717) is 6.54 Å². The Bertz CT molecular complexity index is 483. The first-order valence-electron chi connectivity index (χ1n) is 5.94. The first-order valence-corrected chi connectivity index (χ1v) is 5.94. The van der Waals surface area contributed by atoms with E-state index in [9.17, 15) is 0 Å². The molecule has 0 spiro atoms. The highest BCUT2D eigenvalue weighted by Crippen LogP contribution is 2.07. The van der Waals surface area contributed by atoms with Crippen molar-refractivity contribution in [2.45, 2.75) is 26.3 Å². The molecule has 0 fully saturated rings. The zero-order valence-electron chi connectivity index (χ0n) is 10.4. The van der Waals surface area contributed by atoms with Crippen LogP contribution in [0.4, 0.5) is 0 Å². The molecule has 2 heterocycles. The lowest BCUT2D eigenvalue weighted by molar-refractivity contribution is 0.699. The number of nitrogens with zero attached hydrogens (tertiary/aromatic N) is 4. The Balaban J connectivity index is 2.11. The van der Waals surface area contributed by atoms with Crippen molar-refractivity contribution in [3.05, 3.63) is 35.9 Å². The minimum absolute atomic E-state index is 0.642.